The van der Waals surface area contributed by atoms with Crippen LogP contribution in [0.15, 0.2) is 35.4 Å². The highest BCUT2D eigenvalue weighted by molar-refractivity contribution is 5.14. The summed E-state index contributed by atoms with van der Waals surface area (Å²) in [6.07, 6.45) is 1.17. The van der Waals surface area contributed by atoms with Gasteiger partial charge in [-0.05, 0) is 23.9 Å². The standard InChI is InChI=1S/C10H12N4O2/c11-13-12-10(8-14(15)16)7-6-9-4-2-1-3-5-9/h1-5,10H,6-8H2/t10-/m1/s1. The van der Waals surface area contributed by atoms with Gasteiger partial charge in [0, 0.05) is 9.84 Å². The summed E-state index contributed by atoms with van der Waals surface area (Å²) >= 11 is 0. The van der Waals surface area contributed by atoms with Crippen molar-refractivity contribution in [2.75, 3.05) is 6.54 Å². The summed E-state index contributed by atoms with van der Waals surface area (Å²) in [5.74, 6) is 0. The Kier molecular flexibility index (Phi) is 4.82. The van der Waals surface area contributed by atoms with Gasteiger partial charge in [-0.25, -0.2) is 0 Å². The van der Waals surface area contributed by atoms with E-state index in [2.05, 4.69) is 10.0 Å². The molecular formula is C10H12N4O2. The molecule has 0 fully saturated rings. The van der Waals surface area contributed by atoms with Gasteiger partial charge >= 0.3 is 0 Å². The van der Waals surface area contributed by atoms with Crippen LogP contribution in [-0.4, -0.2) is 17.5 Å². The van der Waals surface area contributed by atoms with E-state index >= 15 is 0 Å². The van der Waals surface area contributed by atoms with Crippen LogP contribution in [0.1, 0.15) is 12.0 Å². The first kappa shape index (κ1) is 12.0. The van der Waals surface area contributed by atoms with E-state index in [1.165, 1.54) is 0 Å². The van der Waals surface area contributed by atoms with Crippen molar-refractivity contribution in [3.63, 3.8) is 0 Å². The van der Waals surface area contributed by atoms with Crippen LogP contribution in [0.5, 0.6) is 0 Å². The predicted octanol–water partition coefficient (Wildman–Crippen LogP) is 2.57. The molecule has 0 aliphatic rings. The summed E-state index contributed by atoms with van der Waals surface area (Å²) in [7, 11) is 0. The Balaban J connectivity index is 2.50. The molecule has 1 atom stereocenters. The summed E-state index contributed by atoms with van der Waals surface area (Å²) in [6, 6.07) is 9.04. The SMILES string of the molecule is [N-]=[N+]=N[C@H](CCc1ccccc1)C[N+](=O)[O-]. The minimum atomic E-state index is -0.569. The molecule has 0 aliphatic carbocycles. The number of hydrogen-bond donors (Lipinski definition) is 0. The molecule has 0 N–H and O–H groups in total. The number of nitro groups is 1. The van der Waals surface area contributed by atoms with E-state index in [9.17, 15) is 10.1 Å². The van der Waals surface area contributed by atoms with E-state index in [1.807, 2.05) is 30.3 Å². The quantitative estimate of drug-likeness (QED) is 0.242. The maximum Gasteiger partial charge on any atom is 0.212 e. The highest BCUT2D eigenvalue weighted by Gasteiger charge is 2.13. The van der Waals surface area contributed by atoms with Crippen molar-refractivity contribution < 1.29 is 4.92 Å². The fourth-order valence-electron chi connectivity index (χ4n) is 1.41. The molecule has 0 aliphatic heterocycles. The Morgan fingerprint density at radius 1 is 1.44 bits per heavy atom. The first-order valence-electron chi connectivity index (χ1n) is 4.92. The minimum absolute atomic E-state index is 0.309. The largest absolute Gasteiger partial charge is 0.265 e. The fraction of sp³-hybridized carbons (Fsp3) is 0.400. The molecule has 1 aromatic rings. The summed E-state index contributed by atoms with van der Waals surface area (Å²) < 4.78 is 0. The normalized spacial score (nSPS) is 11.5. The van der Waals surface area contributed by atoms with Crippen LogP contribution < -0.4 is 0 Å². The first-order chi connectivity index (χ1) is 7.72. The lowest BCUT2D eigenvalue weighted by molar-refractivity contribution is -0.482. The molecule has 0 aromatic heterocycles. The van der Waals surface area contributed by atoms with Crippen molar-refractivity contribution in [1.82, 2.24) is 0 Å². The van der Waals surface area contributed by atoms with Gasteiger partial charge in [-0.1, -0.05) is 35.4 Å². The average molecular weight is 220 g/mol. The Morgan fingerprint density at radius 2 is 2.12 bits per heavy atom. The lowest BCUT2D eigenvalue weighted by Gasteiger charge is -2.05. The van der Waals surface area contributed by atoms with Crippen LogP contribution in [0.3, 0.4) is 0 Å². The monoisotopic (exact) mass is 220 g/mol. The van der Waals surface area contributed by atoms with Gasteiger partial charge in [0.05, 0.1) is 0 Å². The summed E-state index contributed by atoms with van der Waals surface area (Å²) in [6.45, 7) is -0.309. The van der Waals surface area contributed by atoms with Gasteiger partial charge in [-0.15, -0.1) is 0 Å². The minimum Gasteiger partial charge on any atom is -0.265 e. The first-order valence-corrected chi connectivity index (χ1v) is 4.92. The van der Waals surface area contributed by atoms with Crippen molar-refractivity contribution in [2.24, 2.45) is 5.11 Å². The van der Waals surface area contributed by atoms with Gasteiger partial charge in [0.15, 0.2) is 0 Å². The van der Waals surface area contributed by atoms with Crippen LogP contribution in [0.4, 0.5) is 0 Å². The molecule has 0 amide bonds. The second kappa shape index (κ2) is 6.42. The number of rotatable bonds is 6. The van der Waals surface area contributed by atoms with Gasteiger partial charge in [0.2, 0.25) is 6.54 Å². The fourth-order valence-corrected chi connectivity index (χ4v) is 1.41. The van der Waals surface area contributed by atoms with Gasteiger partial charge in [0.25, 0.3) is 0 Å². The lowest BCUT2D eigenvalue weighted by atomic mass is 10.1. The number of hydrogen-bond acceptors (Lipinski definition) is 3. The van der Waals surface area contributed by atoms with Crippen LogP contribution in [0.2, 0.25) is 0 Å². The van der Waals surface area contributed by atoms with Gasteiger partial charge in [0.1, 0.15) is 6.04 Å². The molecule has 0 saturated carbocycles. The molecule has 84 valence electrons. The third-order valence-electron chi connectivity index (χ3n) is 2.18. The molecule has 16 heavy (non-hydrogen) atoms. The summed E-state index contributed by atoms with van der Waals surface area (Å²) in [5, 5.41) is 13.7. The highest BCUT2D eigenvalue weighted by Crippen LogP contribution is 2.07. The number of benzene rings is 1. The van der Waals surface area contributed by atoms with Crippen LogP contribution in [-0.2, 0) is 6.42 Å². The molecule has 0 spiro atoms. The molecule has 0 heterocycles. The molecule has 1 aromatic carbocycles. The number of aryl methyl sites for hydroxylation is 1. The van der Waals surface area contributed by atoms with Crippen molar-refractivity contribution >= 4 is 0 Å². The van der Waals surface area contributed by atoms with Crippen LogP contribution in [0.25, 0.3) is 10.4 Å². The second-order valence-electron chi connectivity index (χ2n) is 3.40. The summed E-state index contributed by atoms with van der Waals surface area (Å²) in [5.41, 5.74) is 9.37. The molecule has 0 saturated heterocycles. The van der Waals surface area contributed by atoms with E-state index in [1.54, 1.807) is 0 Å². The lowest BCUT2D eigenvalue weighted by Crippen LogP contribution is -2.18. The molecule has 0 bridgehead atoms. The molecule has 6 heteroatoms. The van der Waals surface area contributed by atoms with E-state index in [4.69, 9.17) is 5.53 Å². The zero-order valence-electron chi connectivity index (χ0n) is 8.69. The molecule has 6 nitrogen and oxygen atoms in total. The summed E-state index contributed by atoms with van der Waals surface area (Å²) in [4.78, 5) is 12.5. The van der Waals surface area contributed by atoms with Crippen molar-refractivity contribution in [3.8, 4) is 0 Å². The number of nitrogens with zero attached hydrogens (tertiary/aromatic N) is 4. The zero-order valence-corrected chi connectivity index (χ0v) is 8.69. The van der Waals surface area contributed by atoms with Crippen molar-refractivity contribution in [1.29, 1.82) is 0 Å². The average Bonchev–Trinajstić information content (AvgIpc) is 2.27. The van der Waals surface area contributed by atoms with Gasteiger partial charge < -0.3 is 0 Å². The Bertz CT molecular complexity index is 387. The van der Waals surface area contributed by atoms with Gasteiger partial charge in [-0.2, -0.15) is 0 Å². The maximum atomic E-state index is 10.3. The molecule has 0 radical (unpaired) electrons. The molecule has 1 rings (SSSR count). The van der Waals surface area contributed by atoms with E-state index in [0.717, 1.165) is 5.56 Å². The topological polar surface area (TPSA) is 91.9 Å². The Labute approximate surface area is 92.7 Å². The molecular weight excluding hydrogens is 208 g/mol. The zero-order chi connectivity index (χ0) is 11.8. The smallest absolute Gasteiger partial charge is 0.212 e. The predicted molar refractivity (Wildman–Crippen MR) is 59.6 cm³/mol. The van der Waals surface area contributed by atoms with Crippen molar-refractivity contribution in [2.45, 2.75) is 18.9 Å². The third-order valence-corrected chi connectivity index (χ3v) is 2.18. The third kappa shape index (κ3) is 4.43. The Morgan fingerprint density at radius 3 is 2.69 bits per heavy atom. The van der Waals surface area contributed by atoms with E-state index in [-0.39, 0.29) is 6.54 Å². The van der Waals surface area contributed by atoms with Crippen LogP contribution in [0, 0.1) is 10.1 Å². The van der Waals surface area contributed by atoms with Crippen molar-refractivity contribution in [3.05, 3.63) is 56.5 Å². The Hall–Kier alpha value is -2.07. The number of azide groups is 1. The van der Waals surface area contributed by atoms with Crippen LogP contribution >= 0.6 is 0 Å². The van der Waals surface area contributed by atoms with E-state index in [0.29, 0.717) is 12.8 Å². The second-order valence-corrected chi connectivity index (χ2v) is 3.40. The van der Waals surface area contributed by atoms with E-state index < -0.39 is 11.0 Å². The maximum absolute atomic E-state index is 10.3. The molecule has 0 unspecified atom stereocenters. The van der Waals surface area contributed by atoms with Gasteiger partial charge in [-0.3, -0.25) is 10.1 Å². The highest BCUT2D eigenvalue weighted by atomic mass is 16.6.